The largest absolute Gasteiger partial charge is 0.496 e. The van der Waals surface area contributed by atoms with Gasteiger partial charge in [-0.3, -0.25) is 9.89 Å². The lowest BCUT2D eigenvalue weighted by Crippen LogP contribution is -2.43. The van der Waals surface area contributed by atoms with Crippen LogP contribution in [0.4, 0.5) is 0 Å². The minimum atomic E-state index is 0. The van der Waals surface area contributed by atoms with E-state index in [1.807, 2.05) is 31.3 Å². The highest BCUT2D eigenvalue weighted by molar-refractivity contribution is 14.0. The number of methoxy groups -OCH3 is 1. The number of rotatable bonds is 8. The van der Waals surface area contributed by atoms with E-state index < -0.39 is 0 Å². The molecule has 2 aliphatic rings. The van der Waals surface area contributed by atoms with Crippen molar-refractivity contribution in [2.45, 2.75) is 13.0 Å². The summed E-state index contributed by atoms with van der Waals surface area (Å²) in [5.74, 6) is 2.55. The summed E-state index contributed by atoms with van der Waals surface area (Å²) in [4.78, 5) is 9.35. The number of nitrogens with one attached hydrogen (secondary N) is 1. The van der Waals surface area contributed by atoms with Gasteiger partial charge in [0.25, 0.3) is 0 Å². The monoisotopic (exact) mass is 518 g/mol. The second-order valence-corrected chi connectivity index (χ2v) is 7.35. The Kier molecular flexibility index (Phi) is 11.0. The average molecular weight is 518 g/mol. The van der Waals surface area contributed by atoms with Crippen molar-refractivity contribution in [2.75, 3.05) is 73.2 Å². The molecule has 0 saturated carbocycles. The zero-order valence-electron chi connectivity index (χ0n) is 17.6. The fraction of sp³-hybridized carbons (Fsp3) is 0.667. The van der Waals surface area contributed by atoms with Gasteiger partial charge in [-0.05, 0) is 18.4 Å². The van der Waals surface area contributed by atoms with Crippen LogP contribution < -0.4 is 10.1 Å². The SMILES string of the molecule is CN=C(NCCOCc1ccccc1OC)N1CCC(CN2CCOCC2)C1.I. The number of hydrogen-bond donors (Lipinski definition) is 1. The number of likely N-dealkylation sites (tertiary alicyclic amines) is 1. The Bertz CT molecular complexity index is 626. The van der Waals surface area contributed by atoms with Gasteiger partial charge in [-0.1, -0.05) is 18.2 Å². The van der Waals surface area contributed by atoms with E-state index in [0.717, 1.165) is 63.2 Å². The molecule has 0 radical (unpaired) electrons. The Morgan fingerprint density at radius 2 is 2.03 bits per heavy atom. The predicted molar refractivity (Wildman–Crippen MR) is 126 cm³/mol. The van der Waals surface area contributed by atoms with E-state index in [9.17, 15) is 0 Å². The highest BCUT2D eigenvalue weighted by Gasteiger charge is 2.26. The molecule has 2 heterocycles. The Labute approximate surface area is 191 Å². The van der Waals surface area contributed by atoms with Crippen LogP contribution in [0.3, 0.4) is 0 Å². The quantitative estimate of drug-likeness (QED) is 0.246. The number of guanidine groups is 1. The smallest absolute Gasteiger partial charge is 0.193 e. The minimum absolute atomic E-state index is 0. The Hall–Kier alpha value is -1.10. The molecule has 1 aromatic rings. The van der Waals surface area contributed by atoms with E-state index in [-0.39, 0.29) is 24.0 Å². The molecule has 3 rings (SSSR count). The maximum Gasteiger partial charge on any atom is 0.193 e. The average Bonchev–Trinajstić information content (AvgIpc) is 3.20. The number of para-hydroxylation sites is 1. The molecule has 0 aromatic heterocycles. The third kappa shape index (κ3) is 7.58. The Balaban J connectivity index is 0.00000300. The van der Waals surface area contributed by atoms with Gasteiger partial charge in [0, 0.05) is 51.9 Å². The van der Waals surface area contributed by atoms with Crippen LogP contribution in [-0.4, -0.2) is 89.0 Å². The van der Waals surface area contributed by atoms with E-state index in [4.69, 9.17) is 14.2 Å². The molecule has 0 aliphatic carbocycles. The molecule has 7 nitrogen and oxygen atoms in total. The molecule has 8 heteroatoms. The molecule has 2 fully saturated rings. The van der Waals surface area contributed by atoms with Gasteiger partial charge in [0.05, 0.1) is 33.5 Å². The van der Waals surface area contributed by atoms with Crippen molar-refractivity contribution in [3.63, 3.8) is 0 Å². The summed E-state index contributed by atoms with van der Waals surface area (Å²) in [6.07, 6.45) is 1.22. The third-order valence-electron chi connectivity index (χ3n) is 5.40. The first-order valence-corrected chi connectivity index (χ1v) is 10.3. The Morgan fingerprint density at radius 3 is 2.79 bits per heavy atom. The van der Waals surface area contributed by atoms with E-state index >= 15 is 0 Å². The van der Waals surface area contributed by atoms with Crippen LogP contribution in [0.1, 0.15) is 12.0 Å². The predicted octanol–water partition coefficient (Wildman–Crippen LogP) is 2.06. The van der Waals surface area contributed by atoms with Crippen molar-refractivity contribution in [2.24, 2.45) is 10.9 Å². The van der Waals surface area contributed by atoms with Crippen LogP contribution in [0.25, 0.3) is 0 Å². The number of nitrogens with zero attached hydrogens (tertiary/aromatic N) is 3. The van der Waals surface area contributed by atoms with Gasteiger partial charge in [0.1, 0.15) is 5.75 Å². The molecule has 1 unspecified atom stereocenters. The third-order valence-corrected chi connectivity index (χ3v) is 5.40. The minimum Gasteiger partial charge on any atom is -0.496 e. The first-order valence-electron chi connectivity index (χ1n) is 10.3. The van der Waals surface area contributed by atoms with E-state index in [1.54, 1.807) is 7.11 Å². The first-order chi connectivity index (χ1) is 13.8. The van der Waals surface area contributed by atoms with Gasteiger partial charge in [-0.15, -0.1) is 24.0 Å². The molecule has 1 atom stereocenters. The summed E-state index contributed by atoms with van der Waals surface area (Å²) in [7, 11) is 3.54. The van der Waals surface area contributed by atoms with Gasteiger partial charge in [-0.2, -0.15) is 0 Å². The lowest BCUT2D eigenvalue weighted by atomic mass is 10.1. The molecule has 164 valence electrons. The summed E-state index contributed by atoms with van der Waals surface area (Å²) in [5.41, 5.74) is 1.07. The molecular formula is C21H35IN4O3. The van der Waals surface area contributed by atoms with Gasteiger partial charge in [-0.25, -0.2) is 0 Å². The number of aliphatic imine (C=N–C) groups is 1. The zero-order chi connectivity index (χ0) is 19.6. The van der Waals surface area contributed by atoms with Crippen molar-refractivity contribution in [1.82, 2.24) is 15.1 Å². The number of halogens is 1. The van der Waals surface area contributed by atoms with Gasteiger partial charge >= 0.3 is 0 Å². The summed E-state index contributed by atoms with van der Waals surface area (Å²) < 4.78 is 16.6. The van der Waals surface area contributed by atoms with E-state index in [1.165, 1.54) is 13.0 Å². The van der Waals surface area contributed by atoms with Crippen molar-refractivity contribution < 1.29 is 14.2 Å². The molecule has 0 bridgehead atoms. The zero-order valence-corrected chi connectivity index (χ0v) is 20.0. The molecule has 2 saturated heterocycles. The first kappa shape index (κ1) is 24.2. The standard InChI is InChI=1S/C21H34N4O3.HI/c1-22-21(23-8-12-28-17-19-5-3-4-6-20(19)26-2)25-9-7-18(16-25)15-24-10-13-27-14-11-24;/h3-6,18H,7-17H2,1-2H3,(H,22,23);1H. The molecule has 0 amide bonds. The number of benzene rings is 1. The summed E-state index contributed by atoms with van der Waals surface area (Å²) in [6, 6.07) is 7.96. The van der Waals surface area contributed by atoms with Crippen LogP contribution in [0.5, 0.6) is 5.75 Å². The highest BCUT2D eigenvalue weighted by Crippen LogP contribution is 2.19. The van der Waals surface area contributed by atoms with Gasteiger partial charge in [0.15, 0.2) is 5.96 Å². The van der Waals surface area contributed by atoms with Crippen molar-refractivity contribution in [1.29, 1.82) is 0 Å². The maximum atomic E-state index is 5.81. The highest BCUT2D eigenvalue weighted by atomic mass is 127. The van der Waals surface area contributed by atoms with E-state index in [2.05, 4.69) is 20.1 Å². The second-order valence-electron chi connectivity index (χ2n) is 7.35. The van der Waals surface area contributed by atoms with Crippen molar-refractivity contribution in [3.05, 3.63) is 29.8 Å². The fourth-order valence-electron chi connectivity index (χ4n) is 3.89. The second kappa shape index (κ2) is 13.3. The normalized spacial score (nSPS) is 20.4. The van der Waals surface area contributed by atoms with Crippen LogP contribution in [-0.2, 0) is 16.1 Å². The number of morpholine rings is 1. The lowest BCUT2D eigenvalue weighted by molar-refractivity contribution is 0.0315. The molecular weight excluding hydrogens is 483 g/mol. The Morgan fingerprint density at radius 1 is 1.24 bits per heavy atom. The lowest BCUT2D eigenvalue weighted by Gasteiger charge is -2.29. The molecule has 2 aliphatic heterocycles. The molecule has 1 aromatic carbocycles. The summed E-state index contributed by atoms with van der Waals surface area (Å²) >= 11 is 0. The van der Waals surface area contributed by atoms with Crippen LogP contribution in [0.15, 0.2) is 29.3 Å². The van der Waals surface area contributed by atoms with Crippen LogP contribution in [0.2, 0.25) is 0 Å². The topological polar surface area (TPSA) is 58.6 Å². The van der Waals surface area contributed by atoms with Crippen molar-refractivity contribution >= 4 is 29.9 Å². The summed E-state index contributed by atoms with van der Waals surface area (Å²) in [6.45, 7) is 9.09. The van der Waals surface area contributed by atoms with E-state index in [0.29, 0.717) is 19.1 Å². The fourth-order valence-corrected chi connectivity index (χ4v) is 3.89. The molecule has 1 N–H and O–H groups in total. The van der Waals surface area contributed by atoms with Crippen LogP contribution >= 0.6 is 24.0 Å². The van der Waals surface area contributed by atoms with Gasteiger partial charge in [0.2, 0.25) is 0 Å². The number of ether oxygens (including phenoxy) is 3. The molecule has 29 heavy (non-hydrogen) atoms. The molecule has 0 spiro atoms. The van der Waals surface area contributed by atoms with Gasteiger partial charge < -0.3 is 24.4 Å². The number of hydrogen-bond acceptors (Lipinski definition) is 5. The van der Waals surface area contributed by atoms with Crippen LogP contribution in [0, 0.1) is 5.92 Å². The van der Waals surface area contributed by atoms with Crippen molar-refractivity contribution in [3.8, 4) is 5.75 Å². The summed E-state index contributed by atoms with van der Waals surface area (Å²) in [5, 5.41) is 3.44. The maximum absolute atomic E-state index is 5.81.